The lowest BCUT2D eigenvalue weighted by Gasteiger charge is -2.18. The molecule has 0 saturated heterocycles. The molecule has 0 saturated carbocycles. The third-order valence-electron chi connectivity index (χ3n) is 3.89. The maximum absolute atomic E-state index is 12.7. The van der Waals surface area contributed by atoms with E-state index in [9.17, 15) is 14.7 Å². The first-order valence-corrected chi connectivity index (χ1v) is 6.79. The van der Waals surface area contributed by atoms with E-state index in [0.29, 0.717) is 16.8 Å². The van der Waals surface area contributed by atoms with Crippen LogP contribution in [0.15, 0.2) is 48.5 Å². The third-order valence-corrected chi connectivity index (χ3v) is 3.89. The predicted molar refractivity (Wildman–Crippen MR) is 79.7 cm³/mol. The van der Waals surface area contributed by atoms with Crippen LogP contribution in [0.2, 0.25) is 0 Å². The van der Waals surface area contributed by atoms with Gasteiger partial charge in [0.1, 0.15) is 5.92 Å². The van der Waals surface area contributed by atoms with Gasteiger partial charge in [-0.05, 0) is 30.2 Å². The molecule has 0 spiro atoms. The van der Waals surface area contributed by atoms with Crippen molar-refractivity contribution >= 4 is 17.6 Å². The Morgan fingerprint density at radius 3 is 2.48 bits per heavy atom. The molecular formula is C17H15NO3. The average Bonchev–Trinajstić information content (AvgIpc) is 2.87. The van der Waals surface area contributed by atoms with Crippen molar-refractivity contribution in [1.82, 2.24) is 0 Å². The first-order chi connectivity index (χ1) is 10.1. The Morgan fingerprint density at radius 2 is 1.76 bits per heavy atom. The smallest absolute Gasteiger partial charge is 0.312 e. The Kier molecular flexibility index (Phi) is 3.22. The summed E-state index contributed by atoms with van der Waals surface area (Å²) in [6.07, 6.45) is 0. The number of amides is 1. The summed E-state index contributed by atoms with van der Waals surface area (Å²) < 4.78 is 0. The quantitative estimate of drug-likeness (QED) is 0.920. The molecule has 1 heterocycles. The fourth-order valence-electron chi connectivity index (χ4n) is 2.77. The zero-order valence-corrected chi connectivity index (χ0v) is 11.6. The van der Waals surface area contributed by atoms with Crippen LogP contribution in [-0.2, 0) is 4.79 Å². The molecule has 106 valence electrons. The molecule has 21 heavy (non-hydrogen) atoms. The fourth-order valence-corrected chi connectivity index (χ4v) is 2.77. The lowest BCUT2D eigenvalue weighted by molar-refractivity contribution is -0.138. The molecule has 0 radical (unpaired) electrons. The van der Waals surface area contributed by atoms with Crippen molar-refractivity contribution in [2.24, 2.45) is 0 Å². The summed E-state index contributed by atoms with van der Waals surface area (Å²) in [6.45, 7) is 2.06. The number of carbonyl (C=O) groups is 2. The van der Waals surface area contributed by atoms with Gasteiger partial charge >= 0.3 is 5.97 Å². The summed E-state index contributed by atoms with van der Waals surface area (Å²) in [5, 5.41) is 9.35. The molecule has 1 N–H and O–H groups in total. The van der Waals surface area contributed by atoms with Gasteiger partial charge in [-0.25, -0.2) is 0 Å². The van der Waals surface area contributed by atoms with E-state index in [1.54, 1.807) is 29.2 Å². The number of hydrogen-bond acceptors (Lipinski definition) is 2. The summed E-state index contributed by atoms with van der Waals surface area (Å²) in [5.74, 6) is -1.71. The summed E-state index contributed by atoms with van der Waals surface area (Å²) >= 11 is 0. The highest BCUT2D eigenvalue weighted by Gasteiger charge is 2.36. The second-order valence-corrected chi connectivity index (χ2v) is 5.18. The number of carbonyl (C=O) groups excluding carboxylic acids is 1. The Balaban J connectivity index is 2.03. The van der Waals surface area contributed by atoms with E-state index in [-0.39, 0.29) is 12.5 Å². The number of aryl methyl sites for hydroxylation is 1. The Morgan fingerprint density at radius 1 is 1.10 bits per heavy atom. The molecule has 0 aromatic heterocycles. The van der Waals surface area contributed by atoms with Crippen molar-refractivity contribution < 1.29 is 14.7 Å². The SMILES string of the molecule is Cc1ccccc1C(=O)N1CC(C(=O)O)c2ccccc21. The molecular weight excluding hydrogens is 266 g/mol. The second kappa shape index (κ2) is 5.05. The van der Waals surface area contributed by atoms with Gasteiger partial charge in [0.15, 0.2) is 0 Å². The summed E-state index contributed by atoms with van der Waals surface area (Å²) in [5.41, 5.74) is 2.89. The number of hydrogen-bond donors (Lipinski definition) is 1. The van der Waals surface area contributed by atoms with Crippen LogP contribution in [0.5, 0.6) is 0 Å². The molecule has 3 rings (SSSR count). The van der Waals surface area contributed by atoms with E-state index in [1.165, 1.54) is 0 Å². The first-order valence-electron chi connectivity index (χ1n) is 6.79. The maximum Gasteiger partial charge on any atom is 0.312 e. The number of nitrogens with zero attached hydrogens (tertiary/aromatic N) is 1. The fraction of sp³-hybridized carbons (Fsp3) is 0.176. The van der Waals surface area contributed by atoms with Crippen molar-refractivity contribution in [2.45, 2.75) is 12.8 Å². The average molecular weight is 281 g/mol. The minimum Gasteiger partial charge on any atom is -0.481 e. The standard InChI is InChI=1S/C17H15NO3/c1-11-6-2-3-7-12(11)16(19)18-10-14(17(20)21)13-8-4-5-9-15(13)18/h2-9,14H,10H2,1H3,(H,20,21). The van der Waals surface area contributed by atoms with Crippen LogP contribution >= 0.6 is 0 Å². The van der Waals surface area contributed by atoms with E-state index in [1.807, 2.05) is 31.2 Å². The first kappa shape index (κ1) is 13.4. The second-order valence-electron chi connectivity index (χ2n) is 5.18. The Labute approximate surface area is 122 Å². The molecule has 1 aliphatic rings. The normalized spacial score (nSPS) is 16.6. The van der Waals surface area contributed by atoms with Crippen molar-refractivity contribution in [3.8, 4) is 0 Å². The molecule has 4 heteroatoms. The zero-order chi connectivity index (χ0) is 15.0. The van der Waals surface area contributed by atoms with Crippen molar-refractivity contribution in [1.29, 1.82) is 0 Å². The van der Waals surface area contributed by atoms with Crippen LogP contribution in [0, 0.1) is 6.92 Å². The van der Waals surface area contributed by atoms with Crippen LogP contribution in [0.25, 0.3) is 0 Å². The van der Waals surface area contributed by atoms with Gasteiger partial charge in [0.25, 0.3) is 5.91 Å². The largest absolute Gasteiger partial charge is 0.481 e. The lowest BCUT2D eigenvalue weighted by Crippen LogP contribution is -2.31. The van der Waals surface area contributed by atoms with Gasteiger partial charge in [-0.2, -0.15) is 0 Å². The zero-order valence-electron chi connectivity index (χ0n) is 11.6. The highest BCUT2D eigenvalue weighted by molar-refractivity contribution is 6.09. The highest BCUT2D eigenvalue weighted by Crippen LogP contribution is 2.37. The highest BCUT2D eigenvalue weighted by atomic mass is 16.4. The number of benzene rings is 2. The van der Waals surface area contributed by atoms with Crippen LogP contribution < -0.4 is 4.90 Å². The topological polar surface area (TPSA) is 57.6 Å². The number of aliphatic carboxylic acids is 1. The molecule has 0 fully saturated rings. The third kappa shape index (κ3) is 2.18. The number of anilines is 1. The van der Waals surface area contributed by atoms with E-state index in [2.05, 4.69) is 0 Å². The van der Waals surface area contributed by atoms with Crippen molar-refractivity contribution in [3.63, 3.8) is 0 Å². The molecule has 2 aromatic carbocycles. The van der Waals surface area contributed by atoms with E-state index in [0.717, 1.165) is 5.56 Å². The van der Waals surface area contributed by atoms with Gasteiger partial charge in [-0.3, -0.25) is 9.59 Å². The summed E-state index contributed by atoms with van der Waals surface area (Å²) in [7, 11) is 0. The molecule has 0 bridgehead atoms. The lowest BCUT2D eigenvalue weighted by atomic mass is 10.0. The van der Waals surface area contributed by atoms with Gasteiger partial charge in [0.2, 0.25) is 0 Å². The minimum absolute atomic E-state index is 0.149. The molecule has 4 nitrogen and oxygen atoms in total. The van der Waals surface area contributed by atoms with Gasteiger partial charge in [0.05, 0.1) is 0 Å². The minimum atomic E-state index is -0.900. The van der Waals surface area contributed by atoms with Gasteiger partial charge < -0.3 is 10.0 Å². The maximum atomic E-state index is 12.7. The van der Waals surface area contributed by atoms with Crippen molar-refractivity contribution in [2.75, 3.05) is 11.4 Å². The number of carboxylic acid groups (broad SMARTS) is 1. The van der Waals surface area contributed by atoms with Crippen LogP contribution in [0.1, 0.15) is 27.4 Å². The predicted octanol–water partition coefficient (Wildman–Crippen LogP) is 2.82. The number of rotatable bonds is 2. The van der Waals surface area contributed by atoms with Gasteiger partial charge in [-0.15, -0.1) is 0 Å². The van der Waals surface area contributed by atoms with E-state index < -0.39 is 11.9 Å². The van der Waals surface area contributed by atoms with Crippen LogP contribution in [0.3, 0.4) is 0 Å². The van der Waals surface area contributed by atoms with E-state index >= 15 is 0 Å². The molecule has 1 amide bonds. The number of fused-ring (bicyclic) bond motifs is 1. The van der Waals surface area contributed by atoms with Gasteiger partial charge in [0, 0.05) is 17.8 Å². The molecule has 1 unspecified atom stereocenters. The molecule has 0 aliphatic carbocycles. The Bertz CT molecular complexity index is 723. The van der Waals surface area contributed by atoms with Crippen LogP contribution in [0.4, 0.5) is 5.69 Å². The summed E-state index contributed by atoms with van der Waals surface area (Å²) in [4.78, 5) is 25.7. The van der Waals surface area contributed by atoms with Gasteiger partial charge in [-0.1, -0.05) is 36.4 Å². The van der Waals surface area contributed by atoms with Crippen LogP contribution in [-0.4, -0.2) is 23.5 Å². The monoisotopic (exact) mass is 281 g/mol. The molecule has 1 atom stereocenters. The molecule has 1 aliphatic heterocycles. The number of para-hydroxylation sites is 1. The Hall–Kier alpha value is -2.62. The molecule has 2 aromatic rings. The summed E-state index contributed by atoms with van der Waals surface area (Å²) in [6, 6.07) is 14.5. The van der Waals surface area contributed by atoms with Crippen molar-refractivity contribution in [3.05, 3.63) is 65.2 Å². The number of carboxylic acids is 1. The van der Waals surface area contributed by atoms with E-state index in [4.69, 9.17) is 0 Å².